The predicted molar refractivity (Wildman–Crippen MR) is 105 cm³/mol. The van der Waals surface area contributed by atoms with E-state index in [0.29, 0.717) is 31.9 Å². The van der Waals surface area contributed by atoms with Crippen LogP contribution in [-0.4, -0.2) is 36.9 Å². The Balaban J connectivity index is 1.89. The first kappa shape index (κ1) is 18.5. The fourth-order valence-corrected chi connectivity index (χ4v) is 3.11. The van der Waals surface area contributed by atoms with E-state index in [4.69, 9.17) is 4.74 Å². The van der Waals surface area contributed by atoms with E-state index >= 15 is 0 Å². The Morgan fingerprint density at radius 3 is 2.59 bits per heavy atom. The average Bonchev–Trinajstić information content (AvgIpc) is 2.67. The second-order valence-electron chi connectivity index (χ2n) is 6.17. The summed E-state index contributed by atoms with van der Waals surface area (Å²) in [6, 6.07) is 15.6. The molecule has 0 saturated carbocycles. The van der Waals surface area contributed by atoms with E-state index in [-0.39, 0.29) is 0 Å². The molecule has 0 radical (unpaired) electrons. The van der Waals surface area contributed by atoms with Crippen LogP contribution in [0.1, 0.15) is 18.1 Å². The van der Waals surface area contributed by atoms with Crippen LogP contribution in [0.2, 0.25) is 0 Å². The van der Waals surface area contributed by atoms with Crippen molar-refractivity contribution in [1.29, 1.82) is 0 Å². The van der Waals surface area contributed by atoms with Crippen molar-refractivity contribution in [3.05, 3.63) is 65.7 Å². The molecule has 0 spiro atoms. The summed E-state index contributed by atoms with van der Waals surface area (Å²) in [5.41, 5.74) is 3.39. The first-order chi connectivity index (χ1) is 13.1. The van der Waals surface area contributed by atoms with Gasteiger partial charge in [-0.3, -0.25) is 4.90 Å². The number of hydrogen-bond acceptors (Lipinski definition) is 4. The van der Waals surface area contributed by atoms with E-state index in [2.05, 4.69) is 17.0 Å². The van der Waals surface area contributed by atoms with Gasteiger partial charge in [0.15, 0.2) is 0 Å². The van der Waals surface area contributed by atoms with E-state index in [0.717, 1.165) is 11.3 Å². The molecule has 0 unspecified atom stereocenters. The van der Waals surface area contributed by atoms with Gasteiger partial charge in [0.2, 0.25) is 0 Å². The number of benzene rings is 2. The molecule has 0 aliphatic carbocycles. The zero-order valence-electron chi connectivity index (χ0n) is 15.2. The monoisotopic (exact) mass is 366 g/mol. The molecule has 1 heterocycles. The van der Waals surface area contributed by atoms with Gasteiger partial charge in [0.25, 0.3) is 0 Å². The Morgan fingerprint density at radius 2 is 1.89 bits per heavy atom. The summed E-state index contributed by atoms with van der Waals surface area (Å²) < 4.78 is 4.88. The lowest BCUT2D eigenvalue weighted by Crippen LogP contribution is -2.43. The Morgan fingerprint density at radius 1 is 1.11 bits per heavy atom. The fraction of sp³-hybridized carbons (Fsp3) is 0.238. The number of rotatable bonds is 5. The molecule has 1 N–H and O–H groups in total. The Bertz CT molecular complexity index is 849. The highest BCUT2D eigenvalue weighted by atomic mass is 16.5. The average molecular weight is 366 g/mol. The lowest BCUT2D eigenvalue weighted by Gasteiger charge is -2.36. The Hall–Kier alpha value is -3.28. The standard InChI is InChI=1S/C21H22N2O4/c1-2-27-20(24)11-9-16-8-10-18-19(14-16)23(21(25)26)13-12-22(18)15-17-6-4-3-5-7-17/h3-11,14H,2,12-13,15H2,1H3,(H,25,26)/b11-9+. The number of carbonyl (C=O) groups is 2. The maximum absolute atomic E-state index is 11.7. The lowest BCUT2D eigenvalue weighted by molar-refractivity contribution is -0.137. The van der Waals surface area contributed by atoms with Crippen molar-refractivity contribution < 1.29 is 19.4 Å². The van der Waals surface area contributed by atoms with Crippen molar-refractivity contribution in [2.75, 3.05) is 29.5 Å². The van der Waals surface area contributed by atoms with Gasteiger partial charge >= 0.3 is 12.1 Å². The van der Waals surface area contributed by atoms with E-state index in [1.54, 1.807) is 19.1 Å². The zero-order chi connectivity index (χ0) is 19.2. The molecular formula is C21H22N2O4. The molecule has 3 rings (SSSR count). The highest BCUT2D eigenvalue weighted by Gasteiger charge is 2.26. The van der Waals surface area contributed by atoms with Gasteiger partial charge < -0.3 is 14.7 Å². The Labute approximate surface area is 158 Å². The number of anilines is 2. The van der Waals surface area contributed by atoms with Crippen LogP contribution >= 0.6 is 0 Å². The first-order valence-corrected chi connectivity index (χ1v) is 8.86. The van der Waals surface area contributed by atoms with Crippen LogP contribution in [0.4, 0.5) is 16.2 Å². The second kappa shape index (κ2) is 8.40. The molecule has 2 aromatic carbocycles. The molecule has 6 heteroatoms. The van der Waals surface area contributed by atoms with Crippen molar-refractivity contribution in [3.63, 3.8) is 0 Å². The fourth-order valence-electron chi connectivity index (χ4n) is 3.11. The minimum Gasteiger partial charge on any atom is -0.465 e. The molecular weight excluding hydrogens is 344 g/mol. The smallest absolute Gasteiger partial charge is 0.411 e. The number of nitrogens with zero attached hydrogens (tertiary/aromatic N) is 2. The van der Waals surface area contributed by atoms with E-state index in [1.165, 1.54) is 16.5 Å². The van der Waals surface area contributed by atoms with Crippen molar-refractivity contribution in [1.82, 2.24) is 0 Å². The van der Waals surface area contributed by atoms with Crippen molar-refractivity contribution in [2.24, 2.45) is 0 Å². The van der Waals surface area contributed by atoms with Crippen molar-refractivity contribution >= 4 is 29.5 Å². The summed E-state index contributed by atoms with van der Waals surface area (Å²) in [5, 5.41) is 9.56. The minimum absolute atomic E-state index is 0.314. The molecule has 0 atom stereocenters. The van der Waals surface area contributed by atoms with Crippen LogP contribution in [0.3, 0.4) is 0 Å². The van der Waals surface area contributed by atoms with Crippen molar-refractivity contribution in [3.8, 4) is 0 Å². The van der Waals surface area contributed by atoms with Crippen LogP contribution in [0, 0.1) is 0 Å². The molecule has 0 fully saturated rings. The summed E-state index contributed by atoms with van der Waals surface area (Å²) in [5.74, 6) is -0.420. The van der Waals surface area contributed by atoms with Gasteiger partial charge in [0, 0.05) is 25.7 Å². The largest absolute Gasteiger partial charge is 0.465 e. The second-order valence-corrected chi connectivity index (χ2v) is 6.17. The van der Waals surface area contributed by atoms with Crippen LogP contribution in [0.5, 0.6) is 0 Å². The summed E-state index contributed by atoms with van der Waals surface area (Å²) >= 11 is 0. The van der Waals surface area contributed by atoms with Gasteiger partial charge in [-0.25, -0.2) is 9.59 Å². The van der Waals surface area contributed by atoms with E-state index in [1.807, 2.05) is 30.3 Å². The molecule has 1 aliphatic rings. The summed E-state index contributed by atoms with van der Waals surface area (Å²) in [6.45, 7) is 3.77. The maximum atomic E-state index is 11.7. The number of esters is 1. The summed E-state index contributed by atoms with van der Waals surface area (Å²) in [7, 11) is 0. The molecule has 2 aromatic rings. The number of carboxylic acid groups (broad SMARTS) is 1. The lowest BCUT2D eigenvalue weighted by atomic mass is 10.1. The minimum atomic E-state index is -0.984. The molecule has 0 bridgehead atoms. The maximum Gasteiger partial charge on any atom is 0.411 e. The number of amides is 1. The summed E-state index contributed by atoms with van der Waals surface area (Å²) in [6.07, 6.45) is 2.00. The highest BCUT2D eigenvalue weighted by molar-refractivity contribution is 5.94. The molecule has 140 valence electrons. The van der Waals surface area contributed by atoms with Gasteiger partial charge in [-0.2, -0.15) is 0 Å². The first-order valence-electron chi connectivity index (χ1n) is 8.86. The number of ether oxygens (including phenoxy) is 1. The van der Waals surface area contributed by atoms with Crippen LogP contribution < -0.4 is 9.80 Å². The van der Waals surface area contributed by atoms with Gasteiger partial charge in [-0.1, -0.05) is 36.4 Å². The molecule has 1 amide bonds. The SMILES string of the molecule is CCOC(=O)/C=C/c1ccc2c(c1)N(C(=O)O)CCN2Cc1ccccc1. The number of fused-ring (bicyclic) bond motifs is 1. The van der Waals surface area contributed by atoms with Gasteiger partial charge in [-0.15, -0.1) is 0 Å². The topological polar surface area (TPSA) is 70.1 Å². The van der Waals surface area contributed by atoms with Crippen molar-refractivity contribution in [2.45, 2.75) is 13.5 Å². The third kappa shape index (κ3) is 4.47. The number of hydrogen-bond donors (Lipinski definition) is 1. The molecule has 6 nitrogen and oxygen atoms in total. The van der Waals surface area contributed by atoms with Gasteiger partial charge in [0.05, 0.1) is 18.0 Å². The molecule has 27 heavy (non-hydrogen) atoms. The third-order valence-electron chi connectivity index (χ3n) is 4.37. The molecule has 1 aliphatic heterocycles. The van der Waals surface area contributed by atoms with E-state index in [9.17, 15) is 14.7 Å². The molecule has 0 aromatic heterocycles. The zero-order valence-corrected chi connectivity index (χ0v) is 15.2. The van der Waals surface area contributed by atoms with Crippen LogP contribution in [0.15, 0.2) is 54.6 Å². The third-order valence-corrected chi connectivity index (χ3v) is 4.37. The van der Waals surface area contributed by atoms with Crippen LogP contribution in [-0.2, 0) is 16.1 Å². The highest BCUT2D eigenvalue weighted by Crippen LogP contribution is 2.35. The van der Waals surface area contributed by atoms with Gasteiger partial charge in [-0.05, 0) is 36.3 Å². The van der Waals surface area contributed by atoms with E-state index < -0.39 is 12.1 Å². The normalized spacial score (nSPS) is 13.5. The molecule has 0 saturated heterocycles. The number of carbonyl (C=O) groups excluding carboxylic acids is 1. The quantitative estimate of drug-likeness (QED) is 0.644. The van der Waals surface area contributed by atoms with Gasteiger partial charge in [0.1, 0.15) is 0 Å². The Kier molecular flexibility index (Phi) is 5.76. The van der Waals surface area contributed by atoms with Crippen LogP contribution in [0.25, 0.3) is 6.08 Å². The summed E-state index contributed by atoms with van der Waals surface area (Å²) in [4.78, 5) is 26.7. The predicted octanol–water partition coefficient (Wildman–Crippen LogP) is 3.77.